The minimum atomic E-state index is -0.583. The first-order chi connectivity index (χ1) is 8.20. The van der Waals surface area contributed by atoms with Gasteiger partial charge in [-0.25, -0.2) is 9.37 Å². The fourth-order valence-electron chi connectivity index (χ4n) is 1.23. The topological polar surface area (TPSA) is 22.1 Å². The number of pyridine rings is 1. The quantitative estimate of drug-likeness (QED) is 0.774. The first-order valence-corrected chi connectivity index (χ1v) is 6.33. The molecule has 0 N–H and O–H groups in total. The molecule has 0 fully saturated rings. The lowest BCUT2D eigenvalue weighted by Crippen LogP contribution is -1.91. The molecule has 17 heavy (non-hydrogen) atoms. The van der Waals surface area contributed by atoms with Crippen molar-refractivity contribution < 1.29 is 9.13 Å². The van der Waals surface area contributed by atoms with Crippen LogP contribution in [-0.2, 0) is 5.33 Å². The number of halogens is 3. The predicted octanol–water partition coefficient (Wildman–Crippen LogP) is 4.56. The average molecular weight is 317 g/mol. The number of nitrogens with zero attached hydrogens (tertiary/aromatic N) is 1. The summed E-state index contributed by atoms with van der Waals surface area (Å²) in [6.45, 7) is 0. The minimum absolute atomic E-state index is 0.0274. The summed E-state index contributed by atoms with van der Waals surface area (Å²) in [6.07, 6.45) is 1.66. The second kappa shape index (κ2) is 5.47. The molecule has 1 aromatic carbocycles. The normalized spacial score (nSPS) is 10.3. The summed E-state index contributed by atoms with van der Waals surface area (Å²) in [4.78, 5) is 4.05. The average Bonchev–Trinajstić information content (AvgIpc) is 2.36. The van der Waals surface area contributed by atoms with Gasteiger partial charge in [-0.2, -0.15) is 0 Å². The summed E-state index contributed by atoms with van der Waals surface area (Å²) in [7, 11) is 0. The Balaban J connectivity index is 2.22. The van der Waals surface area contributed by atoms with E-state index in [9.17, 15) is 4.39 Å². The van der Waals surface area contributed by atoms with Crippen LogP contribution in [0.4, 0.5) is 4.39 Å². The molecule has 1 heterocycles. The van der Waals surface area contributed by atoms with Gasteiger partial charge in [0.2, 0.25) is 5.88 Å². The standard InChI is InChI=1S/C12H8BrClFNO/c13-6-8-4-5-11(16-7-8)17-10-3-1-2-9(14)12(10)15/h1-5,7H,6H2. The van der Waals surface area contributed by atoms with Crippen molar-refractivity contribution in [2.45, 2.75) is 5.33 Å². The smallest absolute Gasteiger partial charge is 0.219 e. The van der Waals surface area contributed by atoms with E-state index in [1.54, 1.807) is 18.3 Å². The van der Waals surface area contributed by atoms with Crippen molar-refractivity contribution in [3.05, 3.63) is 52.9 Å². The Bertz CT molecular complexity index is 518. The highest BCUT2D eigenvalue weighted by Crippen LogP contribution is 2.27. The van der Waals surface area contributed by atoms with Crippen LogP contribution in [0.1, 0.15) is 5.56 Å². The molecule has 0 aliphatic rings. The molecule has 0 spiro atoms. The first-order valence-electron chi connectivity index (χ1n) is 4.83. The Morgan fingerprint density at radius 2 is 2.12 bits per heavy atom. The van der Waals surface area contributed by atoms with Crippen molar-refractivity contribution in [3.63, 3.8) is 0 Å². The van der Waals surface area contributed by atoms with E-state index in [1.165, 1.54) is 12.1 Å². The van der Waals surface area contributed by atoms with Gasteiger partial charge >= 0.3 is 0 Å². The zero-order valence-electron chi connectivity index (χ0n) is 8.66. The van der Waals surface area contributed by atoms with Crippen molar-refractivity contribution >= 4 is 27.5 Å². The molecule has 0 saturated carbocycles. The molecule has 0 atom stereocenters. The van der Waals surface area contributed by atoms with Crippen LogP contribution >= 0.6 is 27.5 Å². The number of aromatic nitrogens is 1. The zero-order valence-corrected chi connectivity index (χ0v) is 11.0. The summed E-state index contributed by atoms with van der Waals surface area (Å²) < 4.78 is 18.8. The van der Waals surface area contributed by atoms with E-state index in [0.29, 0.717) is 11.2 Å². The lowest BCUT2D eigenvalue weighted by atomic mass is 10.3. The Morgan fingerprint density at radius 3 is 2.76 bits per heavy atom. The number of ether oxygens (including phenoxy) is 1. The monoisotopic (exact) mass is 315 g/mol. The van der Waals surface area contributed by atoms with Crippen LogP contribution in [0.25, 0.3) is 0 Å². The van der Waals surface area contributed by atoms with Gasteiger partial charge in [-0.3, -0.25) is 0 Å². The van der Waals surface area contributed by atoms with Gasteiger partial charge in [-0.15, -0.1) is 0 Å². The molecule has 1 aromatic heterocycles. The minimum Gasteiger partial charge on any atom is -0.436 e. The molecule has 0 radical (unpaired) electrons. The Kier molecular flexibility index (Phi) is 3.97. The maximum atomic E-state index is 13.5. The summed E-state index contributed by atoms with van der Waals surface area (Å²) in [5.41, 5.74) is 1.02. The van der Waals surface area contributed by atoms with E-state index < -0.39 is 5.82 Å². The van der Waals surface area contributed by atoms with Gasteiger partial charge in [0, 0.05) is 17.6 Å². The van der Waals surface area contributed by atoms with Crippen molar-refractivity contribution in [1.82, 2.24) is 4.98 Å². The molecule has 5 heteroatoms. The summed E-state index contributed by atoms with van der Waals surface area (Å²) in [5, 5.41) is 0.741. The van der Waals surface area contributed by atoms with Gasteiger partial charge in [-0.05, 0) is 17.7 Å². The van der Waals surface area contributed by atoms with Crippen molar-refractivity contribution in [1.29, 1.82) is 0 Å². The van der Waals surface area contributed by atoms with Crippen LogP contribution in [0.3, 0.4) is 0 Å². The van der Waals surface area contributed by atoms with Gasteiger partial charge in [0.25, 0.3) is 0 Å². The number of hydrogen-bond donors (Lipinski definition) is 0. The van der Waals surface area contributed by atoms with Crippen LogP contribution in [0.5, 0.6) is 11.6 Å². The summed E-state index contributed by atoms with van der Waals surface area (Å²) in [5.74, 6) is -0.187. The molecule has 2 aromatic rings. The number of benzene rings is 1. The summed E-state index contributed by atoms with van der Waals surface area (Å²) >= 11 is 8.96. The molecule has 88 valence electrons. The Morgan fingerprint density at radius 1 is 1.29 bits per heavy atom. The van der Waals surface area contributed by atoms with Crippen LogP contribution in [0.2, 0.25) is 5.02 Å². The molecule has 2 nitrogen and oxygen atoms in total. The fourth-order valence-corrected chi connectivity index (χ4v) is 1.72. The van der Waals surface area contributed by atoms with E-state index in [0.717, 1.165) is 5.56 Å². The molecule has 0 bridgehead atoms. The largest absolute Gasteiger partial charge is 0.436 e. The molecular weight excluding hydrogens is 308 g/mol. The van der Waals surface area contributed by atoms with Crippen molar-refractivity contribution in [3.8, 4) is 11.6 Å². The molecule has 0 unspecified atom stereocenters. The highest BCUT2D eigenvalue weighted by molar-refractivity contribution is 9.08. The van der Waals surface area contributed by atoms with E-state index in [4.69, 9.17) is 16.3 Å². The lowest BCUT2D eigenvalue weighted by molar-refractivity contribution is 0.427. The van der Waals surface area contributed by atoms with Gasteiger partial charge in [0.1, 0.15) is 0 Å². The predicted molar refractivity (Wildman–Crippen MR) is 68.4 cm³/mol. The summed E-state index contributed by atoms with van der Waals surface area (Å²) in [6, 6.07) is 8.11. The van der Waals surface area contributed by atoms with E-state index in [2.05, 4.69) is 20.9 Å². The van der Waals surface area contributed by atoms with E-state index in [-0.39, 0.29) is 10.8 Å². The third-order valence-electron chi connectivity index (χ3n) is 2.08. The molecule has 0 amide bonds. The molecule has 0 aliphatic heterocycles. The SMILES string of the molecule is Fc1c(Cl)cccc1Oc1ccc(CBr)cn1. The number of hydrogen-bond acceptors (Lipinski definition) is 2. The third-order valence-corrected chi connectivity index (χ3v) is 3.02. The molecule has 0 saturated heterocycles. The second-order valence-electron chi connectivity index (χ2n) is 3.29. The van der Waals surface area contributed by atoms with Gasteiger partial charge in [0.05, 0.1) is 5.02 Å². The lowest BCUT2D eigenvalue weighted by Gasteiger charge is -2.06. The van der Waals surface area contributed by atoms with E-state index in [1.807, 2.05) is 6.07 Å². The molecule has 0 aliphatic carbocycles. The molecular formula is C12H8BrClFNO. The second-order valence-corrected chi connectivity index (χ2v) is 4.26. The number of rotatable bonds is 3. The highest BCUT2D eigenvalue weighted by atomic mass is 79.9. The maximum absolute atomic E-state index is 13.5. The fraction of sp³-hybridized carbons (Fsp3) is 0.0833. The first kappa shape index (κ1) is 12.3. The van der Waals surface area contributed by atoms with Crippen molar-refractivity contribution in [2.24, 2.45) is 0 Å². The number of alkyl halides is 1. The van der Waals surface area contributed by atoms with Crippen LogP contribution < -0.4 is 4.74 Å². The van der Waals surface area contributed by atoms with Crippen LogP contribution in [0, 0.1) is 5.82 Å². The van der Waals surface area contributed by atoms with E-state index >= 15 is 0 Å². The third kappa shape index (κ3) is 2.96. The van der Waals surface area contributed by atoms with Crippen LogP contribution in [0.15, 0.2) is 36.5 Å². The van der Waals surface area contributed by atoms with Gasteiger partial charge in [-0.1, -0.05) is 39.7 Å². The Labute approximate surface area is 112 Å². The van der Waals surface area contributed by atoms with Gasteiger partial charge < -0.3 is 4.74 Å². The zero-order chi connectivity index (χ0) is 12.3. The highest BCUT2D eigenvalue weighted by Gasteiger charge is 2.08. The van der Waals surface area contributed by atoms with Gasteiger partial charge in [0.15, 0.2) is 11.6 Å². The van der Waals surface area contributed by atoms with Crippen LogP contribution in [-0.4, -0.2) is 4.98 Å². The maximum Gasteiger partial charge on any atom is 0.219 e. The Hall–Kier alpha value is -1.13. The molecule has 2 rings (SSSR count). The van der Waals surface area contributed by atoms with Crippen molar-refractivity contribution in [2.75, 3.05) is 0 Å².